The molecule has 0 unspecified atom stereocenters. The van der Waals surface area contributed by atoms with E-state index in [1.807, 2.05) is 0 Å². The van der Waals surface area contributed by atoms with Crippen LogP contribution in [0.15, 0.2) is 30.4 Å². The van der Waals surface area contributed by atoms with E-state index in [0.717, 1.165) is 28.4 Å². The Balaban J connectivity index is 1.10. The maximum Gasteiger partial charge on any atom is 0.306 e. The van der Waals surface area contributed by atoms with Crippen molar-refractivity contribution in [2.24, 2.45) is 0 Å². The third kappa shape index (κ3) is 11.8. The van der Waals surface area contributed by atoms with Crippen LogP contribution in [0.2, 0.25) is 0 Å². The number of ether oxygens (including phenoxy) is 6. The number of Topliss-reactive ketones (excluding diaryl/α,β-unsaturated/α-hetero) is 1. The number of rotatable bonds is 20. The van der Waals surface area contributed by atoms with Crippen molar-refractivity contribution in [2.45, 2.75) is 84.6 Å². The van der Waals surface area contributed by atoms with E-state index in [0.29, 0.717) is 10.3 Å². The molecule has 0 saturated heterocycles. The summed E-state index contributed by atoms with van der Waals surface area (Å²) in [6.07, 6.45) is 0.814. The number of hydrogen-bond acceptors (Lipinski definition) is 14. The van der Waals surface area contributed by atoms with Crippen molar-refractivity contribution in [2.75, 3.05) is 40.5 Å². The Morgan fingerprint density at radius 3 is 2.10 bits per heavy atom. The average molecular weight is 872 g/mol. The zero-order valence-electron chi connectivity index (χ0n) is 34.6. The number of nitrogens with zero attached hydrogens (tertiary/aromatic N) is 2. The Morgan fingerprint density at radius 1 is 0.836 bits per heavy atom. The zero-order valence-corrected chi connectivity index (χ0v) is 35.4. The largest absolute Gasteiger partial charge is 0.493 e. The van der Waals surface area contributed by atoms with Crippen LogP contribution in [-0.4, -0.2) is 103 Å². The highest BCUT2D eigenvalue weighted by atomic mass is 32.1. The number of benzene rings is 2. The topological polar surface area (TPSA) is 193 Å². The SMILES string of the molecule is COc1cc2c(c(F)c1OCCCOc1c(OC)cc3sc(C(=O)CCC(=O)O[C@@H](C)CNC(=O)CN4C(=O)C=CC4=O)cc3c1F)CN(C(=O)CCC(=O)OC(C)(C)C)C2. The minimum absolute atomic E-state index is 0.0148. The number of esters is 2. The number of nitrogens with one attached hydrogen (secondary N) is 1. The smallest absolute Gasteiger partial charge is 0.306 e. The molecule has 2 aromatic carbocycles. The molecule has 328 valence electrons. The molecule has 16 nitrogen and oxygen atoms in total. The number of amides is 4. The quantitative estimate of drug-likeness (QED) is 0.0695. The number of thiophene rings is 1. The third-order valence-corrected chi connectivity index (χ3v) is 10.4. The van der Waals surface area contributed by atoms with Gasteiger partial charge in [-0.15, -0.1) is 11.3 Å². The number of carbonyl (C=O) groups is 7. The van der Waals surface area contributed by atoms with Gasteiger partial charge in [-0.3, -0.25) is 38.5 Å². The minimum atomic E-state index is -0.774. The Bertz CT molecular complexity index is 2230. The number of methoxy groups -OCH3 is 2. The Hall–Kier alpha value is -6.11. The fourth-order valence-corrected chi connectivity index (χ4v) is 7.38. The molecule has 1 aromatic heterocycles. The number of imide groups is 1. The lowest BCUT2D eigenvalue weighted by Gasteiger charge is -2.20. The van der Waals surface area contributed by atoms with E-state index in [1.165, 1.54) is 38.2 Å². The summed E-state index contributed by atoms with van der Waals surface area (Å²) in [5.41, 5.74) is 0.141. The van der Waals surface area contributed by atoms with Crippen molar-refractivity contribution in [3.63, 3.8) is 0 Å². The summed E-state index contributed by atoms with van der Waals surface area (Å²) in [6.45, 7) is 6.15. The number of carbonyl (C=O) groups excluding carboxylic acids is 7. The molecule has 0 saturated carbocycles. The normalized spacial score (nSPS) is 13.9. The van der Waals surface area contributed by atoms with Crippen LogP contribution in [0.4, 0.5) is 8.78 Å². The van der Waals surface area contributed by atoms with E-state index in [9.17, 15) is 33.6 Å². The van der Waals surface area contributed by atoms with Gasteiger partial charge >= 0.3 is 11.9 Å². The molecule has 3 aromatic rings. The van der Waals surface area contributed by atoms with Crippen LogP contribution in [0, 0.1) is 11.6 Å². The molecule has 19 heteroatoms. The first-order chi connectivity index (χ1) is 28.9. The Kier molecular flexibility index (Phi) is 15.0. The average Bonchev–Trinajstić information content (AvgIpc) is 3.93. The van der Waals surface area contributed by atoms with Crippen molar-refractivity contribution in [3.05, 3.63) is 58.0 Å². The van der Waals surface area contributed by atoms with Gasteiger partial charge in [-0.25, -0.2) is 8.78 Å². The number of halogens is 2. The van der Waals surface area contributed by atoms with E-state index < -0.39 is 65.3 Å². The molecule has 5 rings (SSSR count). The van der Waals surface area contributed by atoms with Crippen LogP contribution in [0.25, 0.3) is 10.1 Å². The lowest BCUT2D eigenvalue weighted by Crippen LogP contribution is -2.42. The van der Waals surface area contributed by atoms with E-state index >= 15 is 8.78 Å². The fourth-order valence-electron chi connectivity index (χ4n) is 6.32. The van der Waals surface area contributed by atoms with Crippen molar-refractivity contribution in [3.8, 4) is 23.0 Å². The molecule has 1 atom stereocenters. The lowest BCUT2D eigenvalue weighted by atomic mass is 10.1. The van der Waals surface area contributed by atoms with Crippen LogP contribution >= 0.6 is 11.3 Å². The molecule has 0 aliphatic carbocycles. The van der Waals surface area contributed by atoms with Gasteiger partial charge in [-0.05, 0) is 45.4 Å². The highest BCUT2D eigenvalue weighted by Crippen LogP contribution is 2.41. The summed E-state index contributed by atoms with van der Waals surface area (Å²) in [4.78, 5) is 88.2. The number of ketones is 1. The zero-order chi connectivity index (χ0) is 44.6. The van der Waals surface area contributed by atoms with Gasteiger partial charge < -0.3 is 38.6 Å². The molecule has 0 fully saturated rings. The van der Waals surface area contributed by atoms with Crippen LogP contribution in [0.5, 0.6) is 23.0 Å². The van der Waals surface area contributed by atoms with E-state index in [2.05, 4.69) is 5.32 Å². The molecule has 4 amide bonds. The van der Waals surface area contributed by atoms with Crippen molar-refractivity contribution in [1.82, 2.24) is 15.1 Å². The number of hydrogen-bond donors (Lipinski definition) is 1. The monoisotopic (exact) mass is 871 g/mol. The van der Waals surface area contributed by atoms with Gasteiger partial charge in [-0.2, -0.15) is 0 Å². The summed E-state index contributed by atoms with van der Waals surface area (Å²) in [5.74, 6) is -5.41. The second kappa shape index (κ2) is 20.0. The Morgan fingerprint density at radius 2 is 1.46 bits per heavy atom. The standard InChI is InChI=1S/C42H47F2N3O13S/c1-23(19-45-32(49)22-47-34(51)9-10-35(47)52)59-36(53)12-8-27(48)31-17-25-30(61-31)18-29(56-6)41(38(25)43)58-15-7-14-57-40-28(55-5)16-24-20-46(21-26(24)39(40)44)33(50)11-13-37(54)60-42(2,3)4/h9-10,16-18,23H,7-8,11-15,19-22H2,1-6H3,(H,45,49)/t23-/m0/s1. The van der Waals surface area contributed by atoms with Gasteiger partial charge in [0.05, 0.1) is 51.7 Å². The Labute approximate surface area is 354 Å². The van der Waals surface area contributed by atoms with Gasteiger partial charge in [0.25, 0.3) is 11.8 Å². The molecule has 3 heterocycles. The molecular formula is C42H47F2N3O13S. The van der Waals surface area contributed by atoms with Gasteiger partial charge in [-0.1, -0.05) is 0 Å². The van der Waals surface area contributed by atoms with Crippen LogP contribution < -0.4 is 24.3 Å². The van der Waals surface area contributed by atoms with Gasteiger partial charge in [0.2, 0.25) is 11.8 Å². The molecule has 2 aliphatic rings. The summed E-state index contributed by atoms with van der Waals surface area (Å²) in [7, 11) is 2.69. The van der Waals surface area contributed by atoms with E-state index in [4.69, 9.17) is 28.4 Å². The first-order valence-electron chi connectivity index (χ1n) is 19.3. The second-order valence-corrected chi connectivity index (χ2v) is 16.2. The predicted molar refractivity (Wildman–Crippen MR) is 214 cm³/mol. The van der Waals surface area contributed by atoms with Crippen molar-refractivity contribution in [1.29, 1.82) is 0 Å². The van der Waals surface area contributed by atoms with Crippen LogP contribution in [-0.2, 0) is 51.3 Å². The first-order valence-corrected chi connectivity index (χ1v) is 20.2. The minimum Gasteiger partial charge on any atom is -0.493 e. The molecule has 0 bridgehead atoms. The molecular weight excluding hydrogens is 825 g/mol. The highest BCUT2D eigenvalue weighted by molar-refractivity contribution is 7.20. The number of fused-ring (bicyclic) bond motifs is 2. The third-order valence-electron chi connectivity index (χ3n) is 9.26. The van der Waals surface area contributed by atoms with E-state index in [-0.39, 0.29) is 110 Å². The van der Waals surface area contributed by atoms with Crippen molar-refractivity contribution < 1.29 is 70.8 Å². The summed E-state index contributed by atoms with van der Waals surface area (Å²) in [5, 5.41) is 2.58. The summed E-state index contributed by atoms with van der Waals surface area (Å²) in [6, 6.07) is 4.49. The maximum absolute atomic E-state index is 15.8. The lowest BCUT2D eigenvalue weighted by molar-refractivity contribution is -0.156. The fraction of sp³-hybridized carbons (Fsp3) is 0.452. The maximum atomic E-state index is 15.8. The molecule has 2 aliphatic heterocycles. The molecule has 1 N–H and O–H groups in total. The highest BCUT2D eigenvalue weighted by Gasteiger charge is 2.31. The van der Waals surface area contributed by atoms with Gasteiger partial charge in [0.15, 0.2) is 40.4 Å². The molecule has 0 radical (unpaired) electrons. The summed E-state index contributed by atoms with van der Waals surface area (Å²) >= 11 is 1.01. The predicted octanol–water partition coefficient (Wildman–Crippen LogP) is 4.94. The van der Waals surface area contributed by atoms with Gasteiger partial charge in [0, 0.05) is 66.2 Å². The first kappa shape index (κ1) is 46.0. The molecule has 61 heavy (non-hydrogen) atoms. The van der Waals surface area contributed by atoms with Crippen molar-refractivity contribution >= 4 is 62.8 Å². The second-order valence-electron chi connectivity index (χ2n) is 15.1. The van der Waals surface area contributed by atoms with Crippen LogP contribution in [0.1, 0.15) is 80.6 Å². The summed E-state index contributed by atoms with van der Waals surface area (Å²) < 4.78 is 64.8. The van der Waals surface area contributed by atoms with E-state index in [1.54, 1.807) is 26.8 Å². The van der Waals surface area contributed by atoms with Crippen LogP contribution in [0.3, 0.4) is 0 Å². The molecule has 0 spiro atoms. The van der Waals surface area contributed by atoms with Gasteiger partial charge in [0.1, 0.15) is 18.2 Å².